The number of benzene rings is 1. The number of ether oxygens (including phenoxy) is 1. The van der Waals surface area contributed by atoms with Crippen LogP contribution in [-0.2, 0) is 11.2 Å². The fourth-order valence-corrected chi connectivity index (χ4v) is 5.76. The number of aliphatic imine (C=N–C) groups is 1. The number of guanidine groups is 1. The molecule has 6 heteroatoms. The number of halogens is 1. The standard InChI is InChI=1S/C22H30N4O.HI/c1-14-5-3-6-17-18(14)15(13-25-17)7-11-24-21(23-2)26-19-16-8-12-27-20(16)22(19)9-4-10-22;/h3,5-6,13,16,19-20,25H,4,7-12H2,1-2H3,(H2,23,24,26);1H. The van der Waals surface area contributed by atoms with Crippen molar-refractivity contribution in [3.63, 3.8) is 0 Å². The molecule has 1 aromatic heterocycles. The first-order valence-corrected chi connectivity index (χ1v) is 10.4. The smallest absolute Gasteiger partial charge is 0.191 e. The van der Waals surface area contributed by atoms with Gasteiger partial charge in [0.05, 0.1) is 6.10 Å². The number of fused-ring (bicyclic) bond motifs is 3. The number of aromatic amines is 1. The highest BCUT2D eigenvalue weighted by molar-refractivity contribution is 14.0. The second kappa shape index (κ2) is 7.86. The van der Waals surface area contributed by atoms with Crippen LogP contribution in [0.3, 0.4) is 0 Å². The van der Waals surface area contributed by atoms with Crippen molar-refractivity contribution in [1.29, 1.82) is 0 Å². The van der Waals surface area contributed by atoms with E-state index in [-0.39, 0.29) is 24.0 Å². The number of aromatic nitrogens is 1. The van der Waals surface area contributed by atoms with Crippen molar-refractivity contribution in [3.8, 4) is 0 Å². The molecule has 2 aromatic rings. The molecule has 0 radical (unpaired) electrons. The van der Waals surface area contributed by atoms with Crippen LogP contribution in [0.15, 0.2) is 29.4 Å². The average Bonchev–Trinajstić information content (AvgIpc) is 3.23. The monoisotopic (exact) mass is 494 g/mol. The molecule has 3 aliphatic rings. The van der Waals surface area contributed by atoms with E-state index in [1.165, 1.54) is 47.7 Å². The summed E-state index contributed by atoms with van der Waals surface area (Å²) < 4.78 is 6.03. The van der Waals surface area contributed by atoms with Crippen LogP contribution >= 0.6 is 24.0 Å². The lowest BCUT2D eigenvalue weighted by atomic mass is 9.46. The number of hydrogen-bond donors (Lipinski definition) is 3. The molecule has 3 fully saturated rings. The number of aryl methyl sites for hydroxylation is 1. The minimum absolute atomic E-state index is 0. The van der Waals surface area contributed by atoms with E-state index in [9.17, 15) is 0 Å². The summed E-state index contributed by atoms with van der Waals surface area (Å²) in [4.78, 5) is 7.89. The third-order valence-corrected chi connectivity index (χ3v) is 7.23. The molecule has 2 heterocycles. The molecule has 0 amide bonds. The normalized spacial score (nSPS) is 27.6. The third kappa shape index (κ3) is 3.03. The highest BCUT2D eigenvalue weighted by Crippen LogP contribution is 2.62. The molecule has 3 N–H and O–H groups in total. The molecular weight excluding hydrogens is 463 g/mol. The van der Waals surface area contributed by atoms with Gasteiger partial charge in [0.25, 0.3) is 0 Å². The van der Waals surface area contributed by atoms with Crippen molar-refractivity contribution in [2.24, 2.45) is 16.3 Å². The molecule has 1 aliphatic heterocycles. The molecule has 2 aliphatic carbocycles. The van der Waals surface area contributed by atoms with Crippen LogP contribution in [0, 0.1) is 18.3 Å². The molecule has 0 bridgehead atoms. The largest absolute Gasteiger partial charge is 0.377 e. The van der Waals surface area contributed by atoms with Gasteiger partial charge in [-0.15, -0.1) is 24.0 Å². The number of nitrogens with one attached hydrogen (secondary N) is 3. The highest BCUT2D eigenvalue weighted by atomic mass is 127. The maximum absolute atomic E-state index is 6.03. The Morgan fingerprint density at radius 2 is 2.21 bits per heavy atom. The van der Waals surface area contributed by atoms with E-state index in [4.69, 9.17) is 4.74 Å². The summed E-state index contributed by atoms with van der Waals surface area (Å²) in [5, 5.41) is 8.65. The van der Waals surface area contributed by atoms with Crippen LogP contribution in [0.2, 0.25) is 0 Å². The lowest BCUT2D eigenvalue weighted by Gasteiger charge is -2.63. The van der Waals surface area contributed by atoms with Crippen LogP contribution in [0.5, 0.6) is 0 Å². The van der Waals surface area contributed by atoms with Crippen LogP contribution < -0.4 is 10.6 Å². The number of hydrogen-bond acceptors (Lipinski definition) is 2. The zero-order chi connectivity index (χ0) is 18.4. The topological polar surface area (TPSA) is 61.4 Å². The molecule has 152 valence electrons. The Balaban J connectivity index is 0.00000192. The fourth-order valence-electron chi connectivity index (χ4n) is 5.76. The molecule has 1 saturated heterocycles. The van der Waals surface area contributed by atoms with Gasteiger partial charge in [-0.3, -0.25) is 4.99 Å². The zero-order valence-corrected chi connectivity index (χ0v) is 19.1. The van der Waals surface area contributed by atoms with Gasteiger partial charge in [0.2, 0.25) is 0 Å². The Bertz CT molecular complexity index is 873. The Morgan fingerprint density at radius 1 is 1.36 bits per heavy atom. The van der Waals surface area contributed by atoms with Gasteiger partial charge in [0.15, 0.2) is 5.96 Å². The van der Waals surface area contributed by atoms with Crippen molar-refractivity contribution < 1.29 is 4.74 Å². The van der Waals surface area contributed by atoms with Crippen molar-refractivity contribution >= 4 is 40.8 Å². The van der Waals surface area contributed by atoms with Crippen LogP contribution in [0.4, 0.5) is 0 Å². The van der Waals surface area contributed by atoms with Gasteiger partial charge < -0.3 is 20.4 Å². The molecule has 2 saturated carbocycles. The van der Waals surface area contributed by atoms with E-state index in [1.54, 1.807) is 0 Å². The average molecular weight is 494 g/mol. The van der Waals surface area contributed by atoms with Crippen LogP contribution in [0.1, 0.15) is 36.8 Å². The Hall–Kier alpha value is -1.28. The lowest BCUT2D eigenvalue weighted by molar-refractivity contribution is -0.171. The summed E-state index contributed by atoms with van der Waals surface area (Å²) in [5.41, 5.74) is 4.31. The molecule has 3 unspecified atom stereocenters. The molecule has 28 heavy (non-hydrogen) atoms. The molecule has 1 aromatic carbocycles. The summed E-state index contributed by atoms with van der Waals surface area (Å²) in [6.07, 6.45) is 8.76. The highest BCUT2D eigenvalue weighted by Gasteiger charge is 2.66. The van der Waals surface area contributed by atoms with Crippen LogP contribution in [-0.4, -0.2) is 43.3 Å². The Labute approximate surface area is 184 Å². The van der Waals surface area contributed by atoms with E-state index in [0.29, 0.717) is 23.5 Å². The number of H-pyrrole nitrogens is 1. The van der Waals surface area contributed by atoms with E-state index >= 15 is 0 Å². The minimum Gasteiger partial charge on any atom is -0.377 e. The van der Waals surface area contributed by atoms with E-state index < -0.39 is 0 Å². The summed E-state index contributed by atoms with van der Waals surface area (Å²) in [5.74, 6) is 1.60. The third-order valence-electron chi connectivity index (χ3n) is 7.23. The summed E-state index contributed by atoms with van der Waals surface area (Å²) in [7, 11) is 1.87. The van der Waals surface area contributed by atoms with Gasteiger partial charge in [0.1, 0.15) is 0 Å². The molecule has 3 atom stereocenters. The fraction of sp³-hybridized carbons (Fsp3) is 0.591. The summed E-state index contributed by atoms with van der Waals surface area (Å²) >= 11 is 0. The van der Waals surface area contributed by atoms with Crippen molar-refractivity contribution in [2.45, 2.75) is 51.2 Å². The molecule has 5 rings (SSSR count). The maximum Gasteiger partial charge on any atom is 0.191 e. The van der Waals surface area contributed by atoms with Gasteiger partial charge >= 0.3 is 0 Å². The van der Waals surface area contributed by atoms with Crippen molar-refractivity contribution in [3.05, 3.63) is 35.5 Å². The number of rotatable bonds is 4. The van der Waals surface area contributed by atoms with Gasteiger partial charge in [-0.25, -0.2) is 0 Å². The van der Waals surface area contributed by atoms with Gasteiger partial charge in [-0.2, -0.15) is 0 Å². The Kier molecular flexibility index (Phi) is 5.62. The van der Waals surface area contributed by atoms with Crippen molar-refractivity contribution in [1.82, 2.24) is 15.6 Å². The van der Waals surface area contributed by atoms with Crippen molar-refractivity contribution in [2.75, 3.05) is 20.2 Å². The molecule has 1 spiro atoms. The number of nitrogens with zero attached hydrogens (tertiary/aromatic N) is 1. The van der Waals surface area contributed by atoms with Crippen LogP contribution in [0.25, 0.3) is 10.9 Å². The first kappa shape index (κ1) is 20.0. The van der Waals surface area contributed by atoms with E-state index in [1.807, 2.05) is 7.05 Å². The summed E-state index contributed by atoms with van der Waals surface area (Å²) in [6, 6.07) is 6.97. The first-order valence-electron chi connectivity index (χ1n) is 10.4. The molecular formula is C22H31IN4O. The second-order valence-corrected chi connectivity index (χ2v) is 8.51. The van der Waals surface area contributed by atoms with E-state index in [2.05, 4.69) is 51.9 Å². The SMILES string of the molecule is CN=C(NCCc1c[nH]c2cccc(C)c12)NC1C2CCOC2C12CCC2.I. The maximum atomic E-state index is 6.03. The summed E-state index contributed by atoms with van der Waals surface area (Å²) in [6.45, 7) is 3.99. The van der Waals surface area contributed by atoms with Gasteiger partial charge in [0, 0.05) is 54.7 Å². The predicted molar refractivity (Wildman–Crippen MR) is 125 cm³/mol. The zero-order valence-electron chi connectivity index (χ0n) is 16.8. The predicted octanol–water partition coefficient (Wildman–Crippen LogP) is 3.76. The van der Waals surface area contributed by atoms with E-state index in [0.717, 1.165) is 25.5 Å². The Morgan fingerprint density at radius 3 is 2.96 bits per heavy atom. The second-order valence-electron chi connectivity index (χ2n) is 8.51. The lowest BCUT2D eigenvalue weighted by Crippen LogP contribution is -2.72. The molecule has 5 nitrogen and oxygen atoms in total. The van der Waals surface area contributed by atoms with Gasteiger partial charge in [-0.1, -0.05) is 18.6 Å². The first-order chi connectivity index (χ1) is 13.2. The minimum atomic E-state index is 0. The van der Waals surface area contributed by atoms with Gasteiger partial charge in [-0.05, 0) is 49.8 Å². The quantitative estimate of drug-likeness (QED) is 0.345.